The fraction of sp³-hybridized carbons (Fsp3) is 0.143. The molecule has 182 valence electrons. The molecule has 0 fully saturated rings. The first-order valence-corrected chi connectivity index (χ1v) is 12.2. The molecule has 0 aliphatic rings. The summed E-state index contributed by atoms with van der Waals surface area (Å²) < 4.78 is 0. The van der Waals surface area contributed by atoms with Crippen LogP contribution in [0.4, 0.5) is 5.69 Å². The van der Waals surface area contributed by atoms with Gasteiger partial charge in [-0.25, -0.2) is 9.97 Å². The number of imidazole rings is 1. The van der Waals surface area contributed by atoms with Crippen LogP contribution >= 0.6 is 0 Å². The van der Waals surface area contributed by atoms with Gasteiger partial charge in [-0.15, -0.1) is 0 Å². The second-order valence-corrected chi connectivity index (χ2v) is 8.81. The molecule has 37 heavy (non-hydrogen) atoms. The van der Waals surface area contributed by atoms with E-state index in [9.17, 15) is 4.79 Å². The zero-order valence-corrected chi connectivity index (χ0v) is 20.2. The Balaban J connectivity index is 1.37. The summed E-state index contributed by atoms with van der Waals surface area (Å²) in [6, 6.07) is 15.7. The highest BCUT2D eigenvalue weighted by molar-refractivity contribution is 5.96. The number of pyridine rings is 3. The number of para-hydroxylation sites is 1. The smallest absolute Gasteiger partial charge is 0.224 e. The lowest BCUT2D eigenvalue weighted by Crippen LogP contribution is -2.11. The Bertz CT molecular complexity index is 1720. The Morgan fingerprint density at radius 1 is 0.919 bits per heavy atom. The van der Waals surface area contributed by atoms with E-state index in [0.717, 1.165) is 51.8 Å². The van der Waals surface area contributed by atoms with Crippen LogP contribution in [0.25, 0.3) is 56.0 Å². The van der Waals surface area contributed by atoms with Gasteiger partial charge in [-0.1, -0.05) is 31.5 Å². The normalized spacial score (nSPS) is 11.3. The predicted octanol–water partition coefficient (Wildman–Crippen LogP) is 5.75. The van der Waals surface area contributed by atoms with Crippen LogP contribution in [0, 0.1) is 0 Å². The summed E-state index contributed by atoms with van der Waals surface area (Å²) >= 11 is 0. The zero-order valence-electron chi connectivity index (χ0n) is 20.2. The van der Waals surface area contributed by atoms with Crippen LogP contribution in [0.3, 0.4) is 0 Å². The molecule has 0 atom stereocenters. The van der Waals surface area contributed by atoms with Crippen molar-refractivity contribution in [3.05, 3.63) is 73.3 Å². The van der Waals surface area contributed by atoms with Crippen LogP contribution in [-0.2, 0) is 4.79 Å². The molecule has 0 radical (unpaired) electrons. The molecule has 1 amide bonds. The lowest BCUT2D eigenvalue weighted by Gasteiger charge is -2.07. The number of hydrogen-bond donors (Lipinski definition) is 3. The van der Waals surface area contributed by atoms with E-state index in [1.54, 1.807) is 18.6 Å². The van der Waals surface area contributed by atoms with Crippen molar-refractivity contribution >= 4 is 33.7 Å². The number of carbonyl (C=O) groups excluding carboxylic acids is 1. The van der Waals surface area contributed by atoms with E-state index in [-0.39, 0.29) is 5.91 Å². The lowest BCUT2D eigenvalue weighted by atomic mass is 10.1. The number of unbranched alkanes of at least 4 members (excludes halogenated alkanes) is 1. The maximum Gasteiger partial charge on any atom is 0.224 e. The molecule has 0 unspecified atom stereocenters. The zero-order chi connectivity index (χ0) is 25.2. The molecule has 5 heterocycles. The number of nitrogens with one attached hydrogen (secondary N) is 3. The van der Waals surface area contributed by atoms with Crippen molar-refractivity contribution in [2.24, 2.45) is 0 Å². The van der Waals surface area contributed by atoms with E-state index in [1.807, 2.05) is 54.7 Å². The SMILES string of the molecule is CCCCC(=O)Nc1cncc(-c2ccc3[nH]nc(-c4nc5c(-c6cccnc6)cccc5[nH]4)c3n2)c1. The third-order valence-corrected chi connectivity index (χ3v) is 6.19. The third kappa shape index (κ3) is 4.42. The van der Waals surface area contributed by atoms with Gasteiger partial charge in [0.2, 0.25) is 5.91 Å². The minimum atomic E-state index is -0.0168. The molecular formula is C28H24N8O. The number of aromatic amines is 2. The first-order valence-electron chi connectivity index (χ1n) is 12.2. The molecule has 6 aromatic rings. The molecule has 0 aliphatic heterocycles. The highest BCUT2D eigenvalue weighted by atomic mass is 16.1. The van der Waals surface area contributed by atoms with Crippen molar-refractivity contribution < 1.29 is 4.79 Å². The average Bonchev–Trinajstić information content (AvgIpc) is 3.56. The quantitative estimate of drug-likeness (QED) is 0.263. The van der Waals surface area contributed by atoms with Gasteiger partial charge in [0.05, 0.1) is 34.1 Å². The molecule has 9 heteroatoms. The van der Waals surface area contributed by atoms with E-state index in [1.165, 1.54) is 0 Å². The van der Waals surface area contributed by atoms with Crippen LogP contribution in [0.5, 0.6) is 0 Å². The number of aromatic nitrogens is 7. The Morgan fingerprint density at radius 2 is 1.84 bits per heavy atom. The summed E-state index contributed by atoms with van der Waals surface area (Å²) in [5, 5.41) is 10.5. The molecule has 6 rings (SSSR count). The number of rotatable bonds is 7. The van der Waals surface area contributed by atoms with Gasteiger partial charge in [0.1, 0.15) is 5.52 Å². The Labute approximate surface area is 212 Å². The number of benzene rings is 1. The van der Waals surface area contributed by atoms with Crippen LogP contribution < -0.4 is 5.32 Å². The first kappa shape index (κ1) is 22.5. The van der Waals surface area contributed by atoms with Crippen molar-refractivity contribution in [1.82, 2.24) is 35.1 Å². The van der Waals surface area contributed by atoms with Crippen LogP contribution in [-0.4, -0.2) is 41.0 Å². The number of carbonyl (C=O) groups is 1. The van der Waals surface area contributed by atoms with Crippen LogP contribution in [0.1, 0.15) is 26.2 Å². The summed E-state index contributed by atoms with van der Waals surface area (Å²) in [5.74, 6) is 0.606. The standard InChI is InChI=1S/C28H24N8O/c1-2-3-9-24(37)31-19-13-18(15-30-16-19)21-10-11-23-26(32-21)27(36-35-23)28-33-22-8-4-7-20(25(22)34-28)17-6-5-12-29-14-17/h4-8,10-16H,2-3,9H2,1H3,(H,31,37)(H,33,34)(H,35,36). The summed E-state index contributed by atoms with van der Waals surface area (Å²) in [5.41, 5.74) is 8.01. The number of fused-ring (bicyclic) bond motifs is 2. The highest BCUT2D eigenvalue weighted by Crippen LogP contribution is 2.31. The summed E-state index contributed by atoms with van der Waals surface area (Å²) in [6.45, 7) is 2.06. The van der Waals surface area contributed by atoms with Gasteiger partial charge in [-0.05, 0) is 36.8 Å². The molecule has 0 saturated heterocycles. The topological polar surface area (TPSA) is 125 Å². The van der Waals surface area contributed by atoms with Gasteiger partial charge in [-0.3, -0.25) is 19.9 Å². The molecule has 0 bridgehead atoms. The highest BCUT2D eigenvalue weighted by Gasteiger charge is 2.17. The predicted molar refractivity (Wildman–Crippen MR) is 144 cm³/mol. The van der Waals surface area contributed by atoms with E-state index < -0.39 is 0 Å². The van der Waals surface area contributed by atoms with Gasteiger partial charge < -0.3 is 10.3 Å². The van der Waals surface area contributed by atoms with Crippen molar-refractivity contribution in [2.45, 2.75) is 26.2 Å². The first-order chi connectivity index (χ1) is 18.2. The van der Waals surface area contributed by atoms with Crippen molar-refractivity contribution in [3.8, 4) is 33.9 Å². The third-order valence-electron chi connectivity index (χ3n) is 6.19. The molecule has 0 aliphatic carbocycles. The largest absolute Gasteiger partial charge is 0.336 e. The van der Waals surface area contributed by atoms with Crippen molar-refractivity contribution in [1.29, 1.82) is 0 Å². The van der Waals surface area contributed by atoms with Gasteiger partial charge in [-0.2, -0.15) is 5.10 Å². The molecular weight excluding hydrogens is 464 g/mol. The van der Waals surface area contributed by atoms with Gasteiger partial charge >= 0.3 is 0 Å². The van der Waals surface area contributed by atoms with Crippen LogP contribution in [0.2, 0.25) is 0 Å². The van der Waals surface area contributed by atoms with E-state index in [0.29, 0.717) is 29.1 Å². The van der Waals surface area contributed by atoms with Gasteiger partial charge in [0.15, 0.2) is 11.5 Å². The monoisotopic (exact) mass is 488 g/mol. The molecule has 0 saturated carbocycles. The minimum absolute atomic E-state index is 0.0168. The second-order valence-electron chi connectivity index (χ2n) is 8.81. The summed E-state index contributed by atoms with van der Waals surface area (Å²) in [4.78, 5) is 33.9. The van der Waals surface area contributed by atoms with Crippen LogP contribution in [0.15, 0.2) is 73.3 Å². The summed E-state index contributed by atoms with van der Waals surface area (Å²) in [7, 11) is 0. The van der Waals surface area contributed by atoms with Gasteiger partial charge in [0.25, 0.3) is 0 Å². The van der Waals surface area contributed by atoms with E-state index in [4.69, 9.17) is 9.97 Å². The Hall–Kier alpha value is -4.92. The molecule has 1 aromatic carbocycles. The fourth-order valence-corrected chi connectivity index (χ4v) is 4.33. The second kappa shape index (κ2) is 9.62. The Kier molecular flexibility index (Phi) is 5.86. The van der Waals surface area contributed by atoms with Crippen molar-refractivity contribution in [3.63, 3.8) is 0 Å². The lowest BCUT2D eigenvalue weighted by molar-refractivity contribution is -0.116. The summed E-state index contributed by atoms with van der Waals surface area (Å²) in [6.07, 6.45) is 9.27. The molecule has 3 N–H and O–H groups in total. The molecule has 9 nitrogen and oxygen atoms in total. The Morgan fingerprint density at radius 3 is 2.70 bits per heavy atom. The molecule has 0 spiro atoms. The number of hydrogen-bond acceptors (Lipinski definition) is 6. The maximum absolute atomic E-state index is 12.2. The van der Waals surface area contributed by atoms with E-state index >= 15 is 0 Å². The number of amides is 1. The minimum Gasteiger partial charge on any atom is -0.336 e. The maximum atomic E-state index is 12.2. The fourth-order valence-electron chi connectivity index (χ4n) is 4.33. The van der Waals surface area contributed by atoms with Crippen molar-refractivity contribution in [2.75, 3.05) is 5.32 Å². The van der Waals surface area contributed by atoms with E-state index in [2.05, 4.69) is 37.4 Å². The number of anilines is 1. The average molecular weight is 489 g/mol. The molecule has 5 aromatic heterocycles. The number of H-pyrrole nitrogens is 2. The van der Waals surface area contributed by atoms with Gasteiger partial charge in [0, 0.05) is 41.7 Å². The number of nitrogens with zero attached hydrogens (tertiary/aromatic N) is 5.